The van der Waals surface area contributed by atoms with E-state index in [9.17, 15) is 4.79 Å². The summed E-state index contributed by atoms with van der Waals surface area (Å²) >= 11 is 0. The van der Waals surface area contributed by atoms with Crippen molar-refractivity contribution in [1.29, 1.82) is 0 Å². The fraction of sp³-hybridized carbons (Fsp3) is 0.536. The molecule has 35 heavy (non-hydrogen) atoms. The molecule has 1 amide bonds. The third-order valence-corrected chi connectivity index (χ3v) is 7.55. The van der Waals surface area contributed by atoms with Crippen molar-refractivity contribution in [2.75, 3.05) is 41.0 Å². The van der Waals surface area contributed by atoms with E-state index in [1.165, 1.54) is 24.0 Å². The minimum Gasteiger partial charge on any atom is -0.497 e. The molecule has 192 valence electrons. The van der Waals surface area contributed by atoms with Gasteiger partial charge in [-0.2, -0.15) is 0 Å². The number of hydrogen-bond donors (Lipinski definition) is 0. The summed E-state index contributed by atoms with van der Waals surface area (Å²) in [5, 5.41) is 0. The molecule has 0 saturated carbocycles. The topological polar surface area (TPSA) is 51.2 Å². The number of benzene rings is 2. The zero-order chi connectivity index (χ0) is 24.1. The molecule has 6 nitrogen and oxygen atoms in total. The first kappa shape index (κ1) is 27.2. The van der Waals surface area contributed by atoms with E-state index in [0.29, 0.717) is 18.2 Å². The molecular weight excluding hydrogens is 464 g/mol. The monoisotopic (exact) mass is 502 g/mol. The van der Waals surface area contributed by atoms with Gasteiger partial charge >= 0.3 is 0 Å². The van der Waals surface area contributed by atoms with Crippen LogP contribution in [0.2, 0.25) is 0 Å². The molecule has 1 fully saturated rings. The second-order valence-electron chi connectivity index (χ2n) is 9.43. The van der Waals surface area contributed by atoms with Crippen LogP contribution in [-0.4, -0.2) is 68.8 Å². The standard InChI is InChI=1S/C28H38N2O4.ClH/c1-20(25-7-5-6-14-29(25)15-12-21-8-10-24(32-2)11-9-21)30-16-13-22-17-26(33-3)27(34-4)18-23(22)19-28(30)31;/h8-11,17-18,20,25H,5-7,12-16,19H2,1-4H3;1H. The third-order valence-electron chi connectivity index (χ3n) is 7.55. The molecule has 2 atom stereocenters. The number of methoxy groups -OCH3 is 3. The largest absolute Gasteiger partial charge is 0.497 e. The number of piperidine rings is 1. The molecule has 2 aromatic carbocycles. The van der Waals surface area contributed by atoms with E-state index in [1.807, 2.05) is 24.3 Å². The summed E-state index contributed by atoms with van der Waals surface area (Å²) in [4.78, 5) is 18.1. The van der Waals surface area contributed by atoms with Gasteiger partial charge < -0.3 is 19.1 Å². The van der Waals surface area contributed by atoms with Gasteiger partial charge in [-0.25, -0.2) is 0 Å². The first-order valence-corrected chi connectivity index (χ1v) is 12.4. The number of carbonyl (C=O) groups excluding carboxylic acids is 1. The third kappa shape index (κ3) is 6.22. The predicted molar refractivity (Wildman–Crippen MR) is 141 cm³/mol. The Bertz CT molecular complexity index is 982. The fourth-order valence-corrected chi connectivity index (χ4v) is 5.53. The zero-order valence-electron chi connectivity index (χ0n) is 21.4. The highest BCUT2D eigenvalue weighted by Gasteiger charge is 2.34. The van der Waals surface area contributed by atoms with Crippen LogP contribution in [-0.2, 0) is 24.1 Å². The average molecular weight is 503 g/mol. The summed E-state index contributed by atoms with van der Waals surface area (Å²) in [6.07, 6.45) is 5.85. The van der Waals surface area contributed by atoms with Crippen molar-refractivity contribution >= 4 is 18.3 Å². The van der Waals surface area contributed by atoms with Gasteiger partial charge in [0, 0.05) is 25.2 Å². The number of fused-ring (bicyclic) bond motifs is 1. The number of rotatable bonds is 8. The fourth-order valence-electron chi connectivity index (χ4n) is 5.53. The van der Waals surface area contributed by atoms with Crippen LogP contribution < -0.4 is 14.2 Å². The molecule has 0 spiro atoms. The lowest BCUT2D eigenvalue weighted by Gasteiger charge is -2.43. The van der Waals surface area contributed by atoms with Gasteiger partial charge in [0.05, 0.1) is 27.8 Å². The Morgan fingerprint density at radius 3 is 2.29 bits per heavy atom. The summed E-state index contributed by atoms with van der Waals surface area (Å²) in [5.41, 5.74) is 3.56. The molecular formula is C28H39ClN2O4. The SMILES string of the molecule is COc1ccc(CCN2CCCCC2C(C)N2CCc3cc(OC)c(OC)cc3CC2=O)cc1.Cl. The van der Waals surface area contributed by atoms with Crippen LogP contribution in [0.5, 0.6) is 17.2 Å². The highest BCUT2D eigenvalue weighted by molar-refractivity contribution is 5.85. The molecule has 0 aromatic heterocycles. The molecule has 2 unspecified atom stereocenters. The predicted octanol–water partition coefficient (Wildman–Crippen LogP) is 4.55. The molecule has 2 aliphatic rings. The highest BCUT2D eigenvalue weighted by Crippen LogP contribution is 2.33. The van der Waals surface area contributed by atoms with E-state index in [1.54, 1.807) is 21.3 Å². The number of carbonyl (C=O) groups is 1. The van der Waals surface area contributed by atoms with Gasteiger partial charge in [0.1, 0.15) is 5.75 Å². The van der Waals surface area contributed by atoms with Crippen LogP contribution >= 0.6 is 12.4 Å². The van der Waals surface area contributed by atoms with Crippen molar-refractivity contribution in [1.82, 2.24) is 9.80 Å². The second kappa shape index (κ2) is 12.5. The van der Waals surface area contributed by atoms with Crippen molar-refractivity contribution in [3.05, 3.63) is 53.1 Å². The molecule has 7 heteroatoms. The van der Waals surface area contributed by atoms with Gasteiger partial charge in [0.25, 0.3) is 0 Å². The lowest BCUT2D eigenvalue weighted by Crippen LogP contribution is -2.54. The van der Waals surface area contributed by atoms with Gasteiger partial charge in [0.15, 0.2) is 11.5 Å². The summed E-state index contributed by atoms with van der Waals surface area (Å²) < 4.78 is 16.3. The van der Waals surface area contributed by atoms with Crippen LogP contribution in [0.1, 0.15) is 42.9 Å². The first-order chi connectivity index (χ1) is 16.5. The Balaban J connectivity index is 0.00000342. The zero-order valence-corrected chi connectivity index (χ0v) is 22.2. The minimum absolute atomic E-state index is 0. The number of likely N-dealkylation sites (tertiary alicyclic amines) is 1. The first-order valence-electron chi connectivity index (χ1n) is 12.4. The Hall–Kier alpha value is -2.44. The Kier molecular flexibility index (Phi) is 9.70. The smallest absolute Gasteiger partial charge is 0.227 e. The van der Waals surface area contributed by atoms with Crippen molar-refractivity contribution in [3.8, 4) is 17.2 Å². The highest BCUT2D eigenvalue weighted by atomic mass is 35.5. The molecule has 0 N–H and O–H groups in total. The van der Waals surface area contributed by atoms with Crippen LogP contribution in [0.3, 0.4) is 0 Å². The van der Waals surface area contributed by atoms with Crippen molar-refractivity contribution in [3.63, 3.8) is 0 Å². The second-order valence-corrected chi connectivity index (χ2v) is 9.43. The number of amides is 1. The van der Waals surface area contributed by atoms with E-state index in [4.69, 9.17) is 14.2 Å². The Labute approximate surface area is 215 Å². The molecule has 4 rings (SSSR count). The van der Waals surface area contributed by atoms with Crippen LogP contribution in [0.4, 0.5) is 0 Å². The molecule has 0 aliphatic carbocycles. The normalized spacial score (nSPS) is 19.3. The van der Waals surface area contributed by atoms with Gasteiger partial charge in [-0.1, -0.05) is 18.6 Å². The number of halogens is 1. The van der Waals surface area contributed by atoms with E-state index < -0.39 is 0 Å². The van der Waals surface area contributed by atoms with E-state index >= 15 is 0 Å². The van der Waals surface area contributed by atoms with Crippen LogP contribution in [0.15, 0.2) is 36.4 Å². The molecule has 2 aromatic rings. The van der Waals surface area contributed by atoms with Gasteiger partial charge in [-0.05, 0) is 80.1 Å². The van der Waals surface area contributed by atoms with Crippen molar-refractivity contribution < 1.29 is 19.0 Å². The van der Waals surface area contributed by atoms with Gasteiger partial charge in [0.2, 0.25) is 5.91 Å². The molecule has 0 bridgehead atoms. The molecule has 2 aliphatic heterocycles. The number of hydrogen-bond acceptors (Lipinski definition) is 5. The maximum atomic E-state index is 13.4. The van der Waals surface area contributed by atoms with Gasteiger partial charge in [-0.15, -0.1) is 12.4 Å². The average Bonchev–Trinajstić information content (AvgIpc) is 3.04. The molecule has 2 heterocycles. The van der Waals surface area contributed by atoms with Crippen LogP contribution in [0, 0.1) is 0 Å². The summed E-state index contributed by atoms with van der Waals surface area (Å²) in [6, 6.07) is 13.0. The van der Waals surface area contributed by atoms with Crippen molar-refractivity contribution in [2.45, 2.75) is 57.5 Å². The van der Waals surface area contributed by atoms with E-state index in [0.717, 1.165) is 56.0 Å². The summed E-state index contributed by atoms with van der Waals surface area (Å²) in [5.74, 6) is 2.52. The lowest BCUT2D eigenvalue weighted by molar-refractivity contribution is -0.134. The molecule has 1 saturated heterocycles. The number of ether oxygens (including phenoxy) is 3. The van der Waals surface area contributed by atoms with Gasteiger partial charge in [-0.3, -0.25) is 9.69 Å². The van der Waals surface area contributed by atoms with Crippen LogP contribution in [0.25, 0.3) is 0 Å². The van der Waals surface area contributed by atoms with Crippen molar-refractivity contribution in [2.24, 2.45) is 0 Å². The maximum absolute atomic E-state index is 13.4. The number of nitrogens with zero attached hydrogens (tertiary/aromatic N) is 2. The van der Waals surface area contributed by atoms with E-state index in [2.05, 4.69) is 28.9 Å². The summed E-state index contributed by atoms with van der Waals surface area (Å²) in [7, 11) is 5.00. The lowest BCUT2D eigenvalue weighted by atomic mass is 9.94. The Morgan fingerprint density at radius 2 is 1.63 bits per heavy atom. The summed E-state index contributed by atoms with van der Waals surface area (Å²) in [6.45, 7) is 5.09. The quantitative estimate of drug-likeness (QED) is 0.530. The van der Waals surface area contributed by atoms with E-state index in [-0.39, 0.29) is 24.4 Å². The Morgan fingerprint density at radius 1 is 0.943 bits per heavy atom. The maximum Gasteiger partial charge on any atom is 0.227 e. The molecule has 0 radical (unpaired) electrons. The minimum atomic E-state index is 0.